The SMILES string of the molecule is Cc1ccc(S(=O)(=O)NC(C)(C=O)CNCCNC(=O)c2cc(-c3ccccc3F)ccc2F)cc1. The Hall–Kier alpha value is -3.47. The summed E-state index contributed by atoms with van der Waals surface area (Å²) in [6.07, 6.45) is 0.494. The van der Waals surface area contributed by atoms with Gasteiger partial charge in [-0.3, -0.25) is 4.79 Å². The lowest BCUT2D eigenvalue weighted by molar-refractivity contribution is -0.112. The van der Waals surface area contributed by atoms with Crippen molar-refractivity contribution < 1.29 is 26.8 Å². The molecule has 3 N–H and O–H groups in total. The zero-order valence-corrected chi connectivity index (χ0v) is 20.7. The number of carbonyl (C=O) groups excluding carboxylic acids is 2. The Morgan fingerprint density at radius 2 is 1.67 bits per heavy atom. The summed E-state index contributed by atoms with van der Waals surface area (Å²) in [5, 5.41) is 5.46. The van der Waals surface area contributed by atoms with Crippen molar-refractivity contribution in [3.63, 3.8) is 0 Å². The van der Waals surface area contributed by atoms with Gasteiger partial charge in [-0.25, -0.2) is 17.2 Å². The van der Waals surface area contributed by atoms with Crippen molar-refractivity contribution in [1.82, 2.24) is 15.4 Å². The van der Waals surface area contributed by atoms with Crippen molar-refractivity contribution in [2.75, 3.05) is 19.6 Å². The predicted octanol–water partition coefficient (Wildman–Crippen LogP) is 3.20. The largest absolute Gasteiger partial charge is 0.351 e. The topological polar surface area (TPSA) is 104 Å². The summed E-state index contributed by atoms with van der Waals surface area (Å²) in [5.74, 6) is -1.93. The molecule has 0 bridgehead atoms. The van der Waals surface area contributed by atoms with E-state index in [-0.39, 0.29) is 35.7 Å². The molecule has 1 atom stereocenters. The first-order valence-corrected chi connectivity index (χ1v) is 12.6. The van der Waals surface area contributed by atoms with Gasteiger partial charge in [0, 0.05) is 25.2 Å². The van der Waals surface area contributed by atoms with Crippen LogP contribution < -0.4 is 15.4 Å². The van der Waals surface area contributed by atoms with E-state index in [9.17, 15) is 26.8 Å². The van der Waals surface area contributed by atoms with Gasteiger partial charge in [0.1, 0.15) is 17.9 Å². The molecule has 190 valence electrons. The summed E-state index contributed by atoms with van der Waals surface area (Å²) in [7, 11) is -3.93. The molecule has 0 heterocycles. The third kappa shape index (κ3) is 6.81. The van der Waals surface area contributed by atoms with Gasteiger partial charge in [0.05, 0.1) is 16.0 Å². The van der Waals surface area contributed by atoms with Gasteiger partial charge in [-0.2, -0.15) is 4.72 Å². The Morgan fingerprint density at radius 3 is 2.33 bits per heavy atom. The molecule has 36 heavy (non-hydrogen) atoms. The number of rotatable bonds is 11. The zero-order valence-electron chi connectivity index (χ0n) is 19.8. The summed E-state index contributed by atoms with van der Waals surface area (Å²) in [6.45, 7) is 3.46. The van der Waals surface area contributed by atoms with E-state index in [1.165, 1.54) is 49.4 Å². The number of carbonyl (C=O) groups is 2. The van der Waals surface area contributed by atoms with Gasteiger partial charge in [0.2, 0.25) is 10.0 Å². The first-order valence-electron chi connectivity index (χ1n) is 11.1. The van der Waals surface area contributed by atoms with Crippen LogP contribution in [0, 0.1) is 18.6 Å². The van der Waals surface area contributed by atoms with Crippen molar-refractivity contribution in [2.45, 2.75) is 24.3 Å². The molecule has 3 rings (SSSR count). The lowest BCUT2D eigenvalue weighted by atomic mass is 10.0. The van der Waals surface area contributed by atoms with Crippen LogP contribution in [0.2, 0.25) is 0 Å². The second kappa shape index (κ2) is 11.5. The minimum absolute atomic E-state index is 0.0353. The number of sulfonamides is 1. The highest BCUT2D eigenvalue weighted by Gasteiger charge is 2.30. The molecule has 0 aliphatic carbocycles. The van der Waals surface area contributed by atoms with Gasteiger partial charge in [-0.15, -0.1) is 0 Å². The number of halogens is 2. The maximum Gasteiger partial charge on any atom is 0.254 e. The molecule has 0 saturated heterocycles. The molecule has 0 radical (unpaired) electrons. The highest BCUT2D eigenvalue weighted by molar-refractivity contribution is 7.89. The summed E-state index contributed by atoms with van der Waals surface area (Å²) in [5.41, 5.74) is -0.169. The Balaban J connectivity index is 1.55. The first-order chi connectivity index (χ1) is 17.0. The lowest BCUT2D eigenvalue weighted by Gasteiger charge is -2.25. The molecule has 3 aromatic carbocycles. The zero-order chi connectivity index (χ0) is 26.3. The number of hydrogen-bond acceptors (Lipinski definition) is 5. The van der Waals surface area contributed by atoms with Gasteiger partial charge in [-0.1, -0.05) is 42.0 Å². The van der Waals surface area contributed by atoms with E-state index in [2.05, 4.69) is 15.4 Å². The van der Waals surface area contributed by atoms with Crippen molar-refractivity contribution in [3.05, 3.63) is 89.5 Å². The summed E-state index contributed by atoms with van der Waals surface area (Å²) in [4.78, 5) is 24.2. The number of aldehydes is 1. The molecule has 0 saturated carbocycles. The van der Waals surface area contributed by atoms with Crippen molar-refractivity contribution in [1.29, 1.82) is 0 Å². The minimum Gasteiger partial charge on any atom is -0.351 e. The highest BCUT2D eigenvalue weighted by Crippen LogP contribution is 2.24. The molecule has 3 aromatic rings. The van der Waals surface area contributed by atoms with E-state index in [1.54, 1.807) is 18.2 Å². The number of aryl methyl sites for hydroxylation is 1. The number of hydrogen-bond donors (Lipinski definition) is 3. The molecule has 0 spiro atoms. The van der Waals surface area contributed by atoms with Gasteiger partial charge in [-0.05, 0) is 49.7 Å². The molecule has 7 nitrogen and oxygen atoms in total. The van der Waals surface area contributed by atoms with Gasteiger partial charge >= 0.3 is 0 Å². The second-order valence-electron chi connectivity index (χ2n) is 8.56. The molecule has 10 heteroatoms. The molecular weight excluding hydrogens is 488 g/mol. The lowest BCUT2D eigenvalue weighted by Crippen LogP contribution is -2.54. The van der Waals surface area contributed by atoms with Crippen molar-refractivity contribution in [2.24, 2.45) is 0 Å². The van der Waals surface area contributed by atoms with Crippen LogP contribution in [0.4, 0.5) is 8.78 Å². The molecule has 0 fully saturated rings. The first kappa shape index (κ1) is 27.1. The third-order valence-electron chi connectivity index (χ3n) is 5.43. The summed E-state index contributed by atoms with van der Waals surface area (Å²) in [6, 6.07) is 16.0. The average Bonchev–Trinajstić information content (AvgIpc) is 2.84. The number of benzene rings is 3. The van der Waals surface area contributed by atoms with Crippen LogP contribution in [-0.2, 0) is 14.8 Å². The molecule has 0 aromatic heterocycles. The van der Waals surface area contributed by atoms with E-state index >= 15 is 0 Å². The highest BCUT2D eigenvalue weighted by atomic mass is 32.2. The van der Waals surface area contributed by atoms with E-state index in [0.717, 1.165) is 11.6 Å². The fourth-order valence-corrected chi connectivity index (χ4v) is 4.80. The Morgan fingerprint density at radius 1 is 0.972 bits per heavy atom. The maximum atomic E-state index is 14.3. The summed E-state index contributed by atoms with van der Waals surface area (Å²) < 4.78 is 56.0. The molecular formula is C26H27F2N3O4S. The van der Waals surface area contributed by atoms with E-state index in [0.29, 0.717) is 11.8 Å². The van der Waals surface area contributed by atoms with Gasteiger partial charge in [0.15, 0.2) is 0 Å². The number of amides is 1. The average molecular weight is 516 g/mol. The third-order valence-corrected chi connectivity index (χ3v) is 7.06. The van der Waals surface area contributed by atoms with Crippen molar-refractivity contribution in [3.8, 4) is 11.1 Å². The van der Waals surface area contributed by atoms with Crippen LogP contribution in [0.25, 0.3) is 11.1 Å². The maximum absolute atomic E-state index is 14.3. The van der Waals surface area contributed by atoms with Crippen LogP contribution in [-0.4, -0.2) is 45.8 Å². The van der Waals surface area contributed by atoms with E-state index in [1.807, 2.05) is 6.92 Å². The molecule has 0 aliphatic heterocycles. The fourth-order valence-electron chi connectivity index (χ4n) is 3.45. The van der Waals surface area contributed by atoms with E-state index < -0.39 is 33.1 Å². The quantitative estimate of drug-likeness (QED) is 0.269. The van der Waals surface area contributed by atoms with E-state index in [4.69, 9.17) is 0 Å². The normalized spacial score (nSPS) is 13.1. The monoisotopic (exact) mass is 515 g/mol. The fraction of sp³-hybridized carbons (Fsp3) is 0.231. The summed E-state index contributed by atoms with van der Waals surface area (Å²) >= 11 is 0. The standard InChI is InChI=1S/C26H27F2N3O4S/c1-18-7-10-20(11-8-18)36(34,35)31-26(2,17-32)16-29-13-14-30-25(33)22-15-19(9-12-24(22)28)21-5-3-4-6-23(21)27/h3-12,15,17,29,31H,13-14,16H2,1-2H3,(H,30,33). The predicted molar refractivity (Wildman–Crippen MR) is 133 cm³/mol. The minimum atomic E-state index is -3.93. The van der Waals surface area contributed by atoms with Crippen molar-refractivity contribution >= 4 is 22.2 Å². The van der Waals surface area contributed by atoms with Crippen LogP contribution in [0.1, 0.15) is 22.8 Å². The number of nitrogens with one attached hydrogen (secondary N) is 3. The second-order valence-corrected chi connectivity index (χ2v) is 10.2. The van der Waals surface area contributed by atoms with Crippen LogP contribution in [0.15, 0.2) is 71.6 Å². The van der Waals surface area contributed by atoms with Crippen LogP contribution >= 0.6 is 0 Å². The Labute approximate surface area is 209 Å². The van der Waals surface area contributed by atoms with Crippen LogP contribution in [0.3, 0.4) is 0 Å². The molecule has 1 amide bonds. The van der Waals surface area contributed by atoms with Gasteiger partial charge in [0.25, 0.3) is 5.91 Å². The Kier molecular flexibility index (Phi) is 8.67. The molecule has 0 aliphatic rings. The van der Waals surface area contributed by atoms with Gasteiger partial charge < -0.3 is 15.4 Å². The van der Waals surface area contributed by atoms with Crippen LogP contribution in [0.5, 0.6) is 0 Å². The smallest absolute Gasteiger partial charge is 0.254 e. The molecule has 1 unspecified atom stereocenters. The Bertz CT molecular complexity index is 1350.